The van der Waals surface area contributed by atoms with Gasteiger partial charge >= 0.3 is 18.3 Å². The molecule has 0 saturated carbocycles. The lowest BCUT2D eigenvalue weighted by atomic mass is 9.93. The Kier molecular flexibility index (Phi) is 14.3. The standard InChI is InChI=1S/C52H55ClF4N8O7/c1-29-23-38(63(25-31-10-14-35(67-6)15-11-31)26-32-12-16-36(68-7)17-13-32)59-44(41(29)52(55,56)57)39-42(53)46-40-45(43(39)54)60-49(71-28-34-24-33-27-69-21-19-65(33)34)62-48(40)64(20-22-70-46)30(2)37-9-8-18-58-47(37)61-50(66)72-51(3,4)5/h8-18,23,30,33-34H,19-22,24-28H2,1-7H3,(H,58,61,66)/t30-,33+,34+/m1/s1. The third-order valence-corrected chi connectivity index (χ3v) is 13.3. The first kappa shape index (κ1) is 50.2. The van der Waals surface area contributed by atoms with Gasteiger partial charge in [-0.05, 0) is 94.1 Å². The van der Waals surface area contributed by atoms with Crippen LogP contribution in [0.2, 0.25) is 5.02 Å². The van der Waals surface area contributed by atoms with E-state index in [0.717, 1.165) is 17.5 Å². The van der Waals surface area contributed by atoms with Gasteiger partial charge in [-0.1, -0.05) is 41.9 Å². The Balaban J connectivity index is 1.20. The molecule has 9 rings (SSSR count). The van der Waals surface area contributed by atoms with Gasteiger partial charge in [0.2, 0.25) is 0 Å². The van der Waals surface area contributed by atoms with Gasteiger partial charge in [0.15, 0.2) is 11.6 Å². The lowest BCUT2D eigenvalue weighted by Gasteiger charge is -2.50. The first-order valence-electron chi connectivity index (χ1n) is 23.5. The minimum Gasteiger partial charge on any atom is -0.497 e. The fourth-order valence-electron chi connectivity index (χ4n) is 9.48. The summed E-state index contributed by atoms with van der Waals surface area (Å²) >= 11 is 7.24. The number of alkyl halides is 3. The molecule has 20 heteroatoms. The summed E-state index contributed by atoms with van der Waals surface area (Å²) in [5, 5.41) is 2.29. The maximum atomic E-state index is 18.2. The lowest BCUT2D eigenvalue weighted by Crippen LogP contribution is -2.63. The monoisotopic (exact) mass is 1010 g/mol. The van der Waals surface area contributed by atoms with E-state index >= 15 is 17.6 Å². The molecule has 3 aliphatic heterocycles. The fraction of sp³-hybridized carbons (Fsp3) is 0.404. The number of rotatable bonds is 14. The van der Waals surface area contributed by atoms with Crippen LogP contribution in [-0.2, 0) is 28.7 Å². The number of carbonyl (C=O) groups is 1. The Morgan fingerprint density at radius 1 is 0.958 bits per heavy atom. The Bertz CT molecular complexity index is 2910. The number of nitrogens with zero attached hydrogens (tertiary/aromatic N) is 7. The maximum Gasteiger partial charge on any atom is 0.418 e. The van der Waals surface area contributed by atoms with Gasteiger partial charge < -0.3 is 38.2 Å². The van der Waals surface area contributed by atoms with Gasteiger partial charge in [0, 0.05) is 43.5 Å². The minimum atomic E-state index is -5.02. The largest absolute Gasteiger partial charge is 0.497 e. The second-order valence-electron chi connectivity index (χ2n) is 18.9. The van der Waals surface area contributed by atoms with Crippen molar-refractivity contribution >= 4 is 46.1 Å². The number of aromatic nitrogens is 4. The molecule has 15 nitrogen and oxygen atoms in total. The fourth-order valence-corrected chi connectivity index (χ4v) is 9.80. The number of benzene rings is 3. The molecule has 1 N–H and O–H groups in total. The normalized spacial score (nSPS) is 17.2. The van der Waals surface area contributed by atoms with Crippen molar-refractivity contribution in [2.75, 3.05) is 68.9 Å². The van der Waals surface area contributed by atoms with Gasteiger partial charge in [0.05, 0.1) is 67.2 Å². The molecule has 2 fully saturated rings. The predicted molar refractivity (Wildman–Crippen MR) is 264 cm³/mol. The van der Waals surface area contributed by atoms with Crippen LogP contribution in [0.5, 0.6) is 23.3 Å². The Morgan fingerprint density at radius 2 is 1.64 bits per heavy atom. The van der Waals surface area contributed by atoms with Gasteiger partial charge in [-0.25, -0.2) is 19.2 Å². The van der Waals surface area contributed by atoms with Crippen molar-refractivity contribution in [2.24, 2.45) is 0 Å². The Labute approximate surface area is 419 Å². The first-order chi connectivity index (χ1) is 34.4. The minimum absolute atomic E-state index is 0.00227. The van der Waals surface area contributed by atoms with Gasteiger partial charge in [0.25, 0.3) is 0 Å². The maximum absolute atomic E-state index is 18.2. The van der Waals surface area contributed by atoms with Crippen LogP contribution in [0, 0.1) is 12.7 Å². The molecule has 3 atom stereocenters. The van der Waals surface area contributed by atoms with Gasteiger partial charge in [-0.15, -0.1) is 0 Å². The second kappa shape index (κ2) is 20.4. The molecule has 0 radical (unpaired) electrons. The van der Waals surface area contributed by atoms with Crippen molar-refractivity contribution in [3.63, 3.8) is 0 Å². The zero-order chi connectivity index (χ0) is 51.1. The number of carbonyl (C=O) groups excluding carboxylic acids is 1. The van der Waals surface area contributed by atoms with E-state index in [4.69, 9.17) is 50.0 Å². The molecule has 2 saturated heterocycles. The zero-order valence-electron chi connectivity index (χ0n) is 40.9. The molecule has 1 amide bonds. The first-order valence-corrected chi connectivity index (χ1v) is 23.9. The highest BCUT2D eigenvalue weighted by atomic mass is 35.5. The van der Waals surface area contributed by atoms with E-state index in [1.165, 1.54) is 19.2 Å². The number of aryl methyl sites for hydroxylation is 1. The average Bonchev–Trinajstić information content (AvgIpc) is 3.53. The number of methoxy groups -OCH3 is 2. The summed E-state index contributed by atoms with van der Waals surface area (Å²) in [7, 11) is 3.11. The van der Waals surface area contributed by atoms with Crippen LogP contribution in [0.4, 0.5) is 39.8 Å². The Morgan fingerprint density at radius 3 is 2.26 bits per heavy atom. The van der Waals surface area contributed by atoms with Crippen molar-refractivity contribution in [3.05, 3.63) is 112 Å². The summed E-state index contributed by atoms with van der Waals surface area (Å²) in [6, 6.07) is 18.7. The van der Waals surface area contributed by atoms with Crippen LogP contribution < -0.4 is 34.1 Å². The molecule has 72 heavy (non-hydrogen) atoms. The molecular formula is C52H55ClF4N8O7. The smallest absolute Gasteiger partial charge is 0.418 e. The van der Waals surface area contributed by atoms with Crippen molar-refractivity contribution in [1.82, 2.24) is 24.8 Å². The van der Waals surface area contributed by atoms with E-state index in [2.05, 4.69) is 20.2 Å². The van der Waals surface area contributed by atoms with Gasteiger partial charge in [0.1, 0.15) is 53.3 Å². The van der Waals surface area contributed by atoms with E-state index in [9.17, 15) is 4.79 Å². The number of morpholine rings is 1. The number of nitrogens with one attached hydrogen (secondary N) is 1. The van der Waals surface area contributed by atoms with Crippen LogP contribution in [0.3, 0.4) is 0 Å². The summed E-state index contributed by atoms with van der Waals surface area (Å²) in [4.78, 5) is 37.6. The number of pyridine rings is 2. The molecule has 3 aromatic carbocycles. The number of amides is 1. The van der Waals surface area contributed by atoms with Crippen LogP contribution >= 0.6 is 11.6 Å². The van der Waals surface area contributed by atoms with Gasteiger partial charge in [-0.3, -0.25) is 10.2 Å². The van der Waals surface area contributed by atoms with E-state index < -0.39 is 57.1 Å². The molecule has 0 bridgehead atoms. The van der Waals surface area contributed by atoms with E-state index in [1.54, 1.807) is 76.3 Å². The number of hydrogen-bond acceptors (Lipinski definition) is 14. The third kappa shape index (κ3) is 10.5. The topological polar surface area (TPSA) is 146 Å². The summed E-state index contributed by atoms with van der Waals surface area (Å²) in [5.74, 6) is 0.362. The van der Waals surface area contributed by atoms with Crippen molar-refractivity contribution in [1.29, 1.82) is 0 Å². The van der Waals surface area contributed by atoms with E-state index in [1.807, 2.05) is 36.1 Å². The number of halogens is 5. The molecular weight excluding hydrogens is 960 g/mol. The summed E-state index contributed by atoms with van der Waals surface area (Å²) in [5.41, 5.74) is -1.88. The van der Waals surface area contributed by atoms with E-state index in [-0.39, 0.29) is 85.1 Å². The highest BCUT2D eigenvalue weighted by Gasteiger charge is 2.43. The quantitative estimate of drug-likeness (QED) is 0.103. The molecule has 6 aromatic rings. The molecule has 3 aliphatic rings. The molecule has 3 aromatic heterocycles. The predicted octanol–water partition coefficient (Wildman–Crippen LogP) is 10.6. The number of ether oxygens (including phenoxy) is 6. The van der Waals surface area contributed by atoms with Crippen molar-refractivity contribution in [2.45, 2.75) is 84.0 Å². The van der Waals surface area contributed by atoms with Crippen molar-refractivity contribution < 1.29 is 50.8 Å². The SMILES string of the molecule is COc1ccc(CN(Cc2ccc(OC)cc2)c2cc(C)c(C(F)(F)F)c(-c3c(Cl)c4c5c(nc(OC[C@@H]6C[C@H]7COCCN76)nc5c3F)N([C@H](C)c3cccnc3NC(=O)OC(C)(C)C)CCO4)n2)cc1. The number of anilines is 3. The van der Waals surface area contributed by atoms with Gasteiger partial charge in [-0.2, -0.15) is 23.1 Å². The summed E-state index contributed by atoms with van der Waals surface area (Å²) in [6.07, 6.45) is -3.44. The number of fused-ring (bicyclic) bond motifs is 1. The average molecular weight is 1020 g/mol. The van der Waals surface area contributed by atoms with Crippen LogP contribution in [0.25, 0.3) is 22.2 Å². The Hall–Kier alpha value is -6.70. The highest BCUT2D eigenvalue weighted by Crippen LogP contribution is 2.51. The molecule has 0 aliphatic carbocycles. The van der Waals surface area contributed by atoms with E-state index in [0.29, 0.717) is 36.8 Å². The second-order valence-corrected chi connectivity index (χ2v) is 19.3. The van der Waals surface area contributed by atoms with Crippen LogP contribution in [-0.4, -0.2) is 102 Å². The van der Waals surface area contributed by atoms with Crippen LogP contribution in [0.15, 0.2) is 72.9 Å². The molecule has 0 unspecified atom stereocenters. The molecule has 0 spiro atoms. The summed E-state index contributed by atoms with van der Waals surface area (Å²) in [6.45, 7) is 10.8. The number of hydrogen-bond donors (Lipinski definition) is 1. The summed E-state index contributed by atoms with van der Waals surface area (Å²) < 4.78 is 99.5. The molecule has 6 heterocycles. The lowest BCUT2D eigenvalue weighted by molar-refractivity contribution is -0.137. The molecule has 380 valence electrons. The zero-order valence-corrected chi connectivity index (χ0v) is 41.7. The third-order valence-electron chi connectivity index (χ3n) is 13.0. The van der Waals surface area contributed by atoms with Crippen LogP contribution in [0.1, 0.15) is 68.0 Å². The highest BCUT2D eigenvalue weighted by molar-refractivity contribution is 6.36. The van der Waals surface area contributed by atoms with Crippen molar-refractivity contribution in [3.8, 4) is 34.5 Å².